The number of benzene rings is 2. The molecule has 2 aromatic carbocycles. The van der Waals surface area contributed by atoms with Crippen molar-refractivity contribution in [3.8, 4) is 11.4 Å². The van der Waals surface area contributed by atoms with Crippen molar-refractivity contribution in [2.24, 2.45) is 5.92 Å². The van der Waals surface area contributed by atoms with Crippen molar-refractivity contribution in [1.29, 1.82) is 0 Å². The first-order valence-corrected chi connectivity index (χ1v) is 13.5. The summed E-state index contributed by atoms with van der Waals surface area (Å²) < 4.78 is 33.4. The molecule has 9 heteroatoms. The number of rotatable bonds is 8. The highest BCUT2D eigenvalue weighted by molar-refractivity contribution is 7.89. The Morgan fingerprint density at radius 3 is 2.57 bits per heavy atom. The molecule has 186 valence electrons. The van der Waals surface area contributed by atoms with Gasteiger partial charge in [-0.15, -0.1) is 0 Å². The van der Waals surface area contributed by atoms with Crippen molar-refractivity contribution in [3.05, 3.63) is 66.1 Å². The van der Waals surface area contributed by atoms with Crippen LogP contribution in [-0.2, 0) is 21.4 Å². The quantitative estimate of drug-likeness (QED) is 0.462. The van der Waals surface area contributed by atoms with Crippen LogP contribution in [0, 0.1) is 12.8 Å². The molecule has 2 unspecified atom stereocenters. The minimum atomic E-state index is -3.66. The lowest BCUT2D eigenvalue weighted by atomic mass is 9.97. The van der Waals surface area contributed by atoms with E-state index < -0.39 is 15.9 Å². The Hall–Kier alpha value is -3.04. The molecule has 0 saturated carbocycles. The lowest BCUT2D eigenvalue weighted by Gasteiger charge is -2.36. The van der Waals surface area contributed by atoms with Crippen molar-refractivity contribution < 1.29 is 17.7 Å². The molecule has 1 fully saturated rings. The summed E-state index contributed by atoms with van der Waals surface area (Å²) >= 11 is 0. The number of piperidine rings is 1. The molecule has 2 atom stereocenters. The monoisotopic (exact) mass is 496 g/mol. The van der Waals surface area contributed by atoms with Crippen LogP contribution in [0.25, 0.3) is 11.4 Å². The van der Waals surface area contributed by atoms with Gasteiger partial charge in [0.2, 0.25) is 27.6 Å². The number of sulfonamides is 1. The van der Waals surface area contributed by atoms with E-state index in [1.165, 1.54) is 4.31 Å². The molecular formula is C26H32N4O4S. The smallest absolute Gasteiger partial charge is 0.246 e. The summed E-state index contributed by atoms with van der Waals surface area (Å²) in [6.45, 7) is 6.68. The van der Waals surface area contributed by atoms with Crippen LogP contribution < -0.4 is 0 Å². The Morgan fingerprint density at radius 1 is 1.17 bits per heavy atom. The van der Waals surface area contributed by atoms with Crippen LogP contribution in [-0.4, -0.2) is 52.8 Å². The van der Waals surface area contributed by atoms with Crippen LogP contribution in [0.15, 0.2) is 64.0 Å². The van der Waals surface area contributed by atoms with Gasteiger partial charge < -0.3 is 9.42 Å². The number of hydrogen-bond donors (Lipinski definition) is 0. The maximum absolute atomic E-state index is 13.6. The molecule has 0 aliphatic carbocycles. The summed E-state index contributed by atoms with van der Waals surface area (Å²) in [5.41, 5.74) is 1.84. The normalized spacial score (nSPS) is 17.7. The predicted octanol–water partition coefficient (Wildman–Crippen LogP) is 4.27. The van der Waals surface area contributed by atoms with Crippen LogP contribution in [0.3, 0.4) is 0 Å². The van der Waals surface area contributed by atoms with Gasteiger partial charge in [-0.25, -0.2) is 8.42 Å². The molecule has 1 aliphatic heterocycles. The molecule has 0 spiro atoms. The molecule has 4 rings (SSSR count). The standard InChI is InChI=1S/C26H32N4O4S/c1-4-20(3)30(18-24-27-25(28-34-24)21-9-6-5-7-10-21)26(31)22-11-8-16-29(17-22)35(32,33)23-14-12-19(2)13-15-23/h5-7,9-10,12-15,20,22H,4,8,11,16-18H2,1-3H3. The molecular weight excluding hydrogens is 464 g/mol. The van der Waals surface area contributed by atoms with Crippen LogP contribution in [0.5, 0.6) is 0 Å². The first-order valence-electron chi connectivity index (χ1n) is 12.0. The highest BCUT2D eigenvalue weighted by atomic mass is 32.2. The first kappa shape index (κ1) is 25.1. The Morgan fingerprint density at radius 2 is 1.89 bits per heavy atom. The molecule has 1 aromatic heterocycles. The van der Waals surface area contributed by atoms with Crippen molar-refractivity contribution >= 4 is 15.9 Å². The second-order valence-corrected chi connectivity index (χ2v) is 11.1. The third kappa shape index (κ3) is 5.62. The van der Waals surface area contributed by atoms with Gasteiger partial charge >= 0.3 is 0 Å². The summed E-state index contributed by atoms with van der Waals surface area (Å²) in [6.07, 6.45) is 2.03. The number of hydrogen-bond acceptors (Lipinski definition) is 6. The van der Waals surface area contributed by atoms with Crippen molar-refractivity contribution in [1.82, 2.24) is 19.3 Å². The minimum Gasteiger partial charge on any atom is -0.337 e. The number of carbonyl (C=O) groups excluding carboxylic acids is 1. The third-order valence-corrected chi connectivity index (χ3v) is 8.48. The van der Waals surface area contributed by atoms with Gasteiger partial charge in [-0.1, -0.05) is 60.1 Å². The van der Waals surface area contributed by atoms with E-state index >= 15 is 0 Å². The molecule has 2 heterocycles. The van der Waals surface area contributed by atoms with Crippen LogP contribution >= 0.6 is 0 Å². The fourth-order valence-corrected chi connectivity index (χ4v) is 5.82. The van der Waals surface area contributed by atoms with E-state index in [9.17, 15) is 13.2 Å². The predicted molar refractivity (Wildman–Crippen MR) is 133 cm³/mol. The highest BCUT2D eigenvalue weighted by Gasteiger charge is 2.36. The molecule has 1 amide bonds. The van der Waals surface area contributed by atoms with E-state index in [1.807, 2.05) is 51.1 Å². The number of aryl methyl sites for hydroxylation is 1. The SMILES string of the molecule is CCC(C)N(Cc1nc(-c2ccccc2)no1)C(=O)C1CCCN(S(=O)(=O)c2ccc(C)cc2)C1. The van der Waals surface area contributed by atoms with Crippen molar-refractivity contribution in [2.75, 3.05) is 13.1 Å². The van der Waals surface area contributed by atoms with Gasteiger partial charge in [-0.05, 0) is 45.2 Å². The molecule has 0 N–H and O–H groups in total. The second-order valence-electron chi connectivity index (χ2n) is 9.12. The number of nitrogens with zero attached hydrogens (tertiary/aromatic N) is 4. The lowest BCUT2D eigenvalue weighted by Crippen LogP contribution is -2.48. The van der Waals surface area contributed by atoms with Gasteiger partial charge in [0, 0.05) is 24.7 Å². The average Bonchev–Trinajstić information content (AvgIpc) is 3.36. The minimum absolute atomic E-state index is 0.0568. The van der Waals surface area contributed by atoms with Crippen LogP contribution in [0.2, 0.25) is 0 Å². The Bertz CT molecular complexity index is 1240. The molecule has 8 nitrogen and oxygen atoms in total. The zero-order valence-corrected chi connectivity index (χ0v) is 21.2. The van der Waals surface area contributed by atoms with Gasteiger partial charge in [-0.3, -0.25) is 4.79 Å². The second kappa shape index (κ2) is 10.7. The molecule has 0 bridgehead atoms. The summed E-state index contributed by atoms with van der Waals surface area (Å²) in [4.78, 5) is 20.1. The van der Waals surface area contributed by atoms with E-state index in [0.717, 1.165) is 17.5 Å². The molecule has 35 heavy (non-hydrogen) atoms. The van der Waals surface area contributed by atoms with Crippen LogP contribution in [0.1, 0.15) is 44.6 Å². The highest BCUT2D eigenvalue weighted by Crippen LogP contribution is 2.27. The van der Waals surface area contributed by atoms with Gasteiger partial charge in [0.25, 0.3) is 0 Å². The Labute approximate surface area is 207 Å². The fraction of sp³-hybridized carbons (Fsp3) is 0.423. The Kier molecular flexibility index (Phi) is 7.66. The Balaban J connectivity index is 1.51. The number of carbonyl (C=O) groups is 1. The molecule has 0 radical (unpaired) electrons. The topological polar surface area (TPSA) is 96.6 Å². The van der Waals surface area contributed by atoms with E-state index in [-0.39, 0.29) is 29.9 Å². The third-order valence-electron chi connectivity index (χ3n) is 6.60. The van der Waals surface area contributed by atoms with Crippen molar-refractivity contribution in [3.63, 3.8) is 0 Å². The zero-order chi connectivity index (χ0) is 25.0. The van der Waals surface area contributed by atoms with E-state index in [4.69, 9.17) is 4.52 Å². The van der Waals surface area contributed by atoms with Gasteiger partial charge in [0.15, 0.2) is 0 Å². The summed E-state index contributed by atoms with van der Waals surface area (Å²) in [7, 11) is -3.66. The van der Waals surface area contributed by atoms with Gasteiger partial charge in [0.05, 0.1) is 10.8 Å². The summed E-state index contributed by atoms with van der Waals surface area (Å²) in [5.74, 6) is 0.333. The first-order chi connectivity index (χ1) is 16.8. The van der Waals surface area contributed by atoms with Crippen LogP contribution in [0.4, 0.5) is 0 Å². The lowest BCUT2D eigenvalue weighted by molar-refractivity contribution is -0.140. The molecule has 1 saturated heterocycles. The van der Waals surface area contributed by atoms with E-state index in [0.29, 0.717) is 31.1 Å². The maximum atomic E-state index is 13.6. The zero-order valence-electron chi connectivity index (χ0n) is 20.4. The largest absolute Gasteiger partial charge is 0.337 e. The average molecular weight is 497 g/mol. The molecule has 1 aliphatic rings. The summed E-state index contributed by atoms with van der Waals surface area (Å²) in [5, 5.41) is 4.07. The van der Waals surface area contributed by atoms with Gasteiger partial charge in [0.1, 0.15) is 6.54 Å². The molecule has 3 aromatic rings. The fourth-order valence-electron chi connectivity index (χ4n) is 4.30. The van der Waals surface area contributed by atoms with E-state index in [2.05, 4.69) is 10.1 Å². The van der Waals surface area contributed by atoms with E-state index in [1.54, 1.807) is 29.2 Å². The summed E-state index contributed by atoms with van der Waals surface area (Å²) in [6, 6.07) is 16.3. The number of aromatic nitrogens is 2. The van der Waals surface area contributed by atoms with Gasteiger partial charge in [-0.2, -0.15) is 9.29 Å². The maximum Gasteiger partial charge on any atom is 0.246 e. The van der Waals surface area contributed by atoms with Crippen molar-refractivity contribution in [2.45, 2.75) is 57.5 Å². The number of amides is 1.